The van der Waals surface area contributed by atoms with E-state index in [0.717, 1.165) is 38.0 Å². The first-order valence-corrected chi connectivity index (χ1v) is 7.61. The fourth-order valence-corrected chi connectivity index (χ4v) is 3.51. The zero-order valence-electron chi connectivity index (χ0n) is 11.7. The van der Waals surface area contributed by atoms with Crippen molar-refractivity contribution in [1.29, 1.82) is 0 Å². The monoisotopic (exact) mass is 267 g/mol. The molecule has 2 saturated carbocycles. The van der Waals surface area contributed by atoms with E-state index in [1.54, 1.807) is 0 Å². The van der Waals surface area contributed by atoms with Gasteiger partial charge in [-0.05, 0) is 38.0 Å². The van der Waals surface area contributed by atoms with Crippen LogP contribution in [0, 0.1) is 17.8 Å². The lowest BCUT2D eigenvalue weighted by molar-refractivity contribution is -0.146. The Kier molecular flexibility index (Phi) is 4.83. The number of carboxylic acids is 1. The predicted molar refractivity (Wildman–Crippen MR) is 72.6 cm³/mol. The highest BCUT2D eigenvalue weighted by molar-refractivity contribution is 5.85. The molecule has 0 aromatic heterocycles. The Hall–Kier alpha value is -1.06. The zero-order chi connectivity index (χ0) is 13.8. The molecule has 19 heavy (non-hydrogen) atoms. The van der Waals surface area contributed by atoms with Crippen LogP contribution < -0.4 is 5.32 Å². The summed E-state index contributed by atoms with van der Waals surface area (Å²) in [5.41, 5.74) is 0. The van der Waals surface area contributed by atoms with Crippen LogP contribution in [0.1, 0.15) is 58.3 Å². The maximum absolute atomic E-state index is 12.2. The van der Waals surface area contributed by atoms with E-state index in [0.29, 0.717) is 6.42 Å². The van der Waals surface area contributed by atoms with Gasteiger partial charge in [0.2, 0.25) is 5.91 Å². The number of hydrogen-bond donors (Lipinski definition) is 2. The fraction of sp³-hybridized carbons (Fsp3) is 0.867. The van der Waals surface area contributed by atoms with E-state index in [1.807, 2.05) is 0 Å². The van der Waals surface area contributed by atoms with Crippen LogP contribution in [0.15, 0.2) is 0 Å². The third-order valence-electron chi connectivity index (χ3n) is 4.77. The molecule has 2 fully saturated rings. The third-order valence-corrected chi connectivity index (χ3v) is 4.77. The minimum absolute atomic E-state index is 0.0237. The number of nitrogens with one attached hydrogen (secondary N) is 1. The van der Waals surface area contributed by atoms with Crippen LogP contribution in [0.4, 0.5) is 0 Å². The van der Waals surface area contributed by atoms with Gasteiger partial charge in [-0.1, -0.05) is 26.2 Å². The first-order chi connectivity index (χ1) is 9.08. The Morgan fingerprint density at radius 1 is 0.947 bits per heavy atom. The van der Waals surface area contributed by atoms with Crippen molar-refractivity contribution in [2.45, 2.75) is 64.3 Å². The predicted octanol–water partition coefficient (Wildman–Crippen LogP) is 2.57. The number of aliphatic carboxylic acids is 1. The molecule has 2 N–H and O–H groups in total. The van der Waals surface area contributed by atoms with Crippen LogP contribution in [0.5, 0.6) is 0 Å². The molecule has 0 bridgehead atoms. The molecule has 4 unspecified atom stereocenters. The molecule has 0 aromatic carbocycles. The van der Waals surface area contributed by atoms with Crippen molar-refractivity contribution in [3.63, 3.8) is 0 Å². The molecular formula is C15H25NO3. The highest BCUT2D eigenvalue weighted by Crippen LogP contribution is 2.32. The SMILES string of the molecule is CC1CCCC(NC(=O)C2CCCC2C(=O)O)CC1. The molecule has 4 nitrogen and oxygen atoms in total. The number of rotatable bonds is 3. The summed E-state index contributed by atoms with van der Waals surface area (Å²) in [4.78, 5) is 23.4. The second-order valence-corrected chi connectivity index (χ2v) is 6.30. The second kappa shape index (κ2) is 6.40. The quantitative estimate of drug-likeness (QED) is 0.772. The molecule has 4 heteroatoms. The van der Waals surface area contributed by atoms with Gasteiger partial charge in [0.15, 0.2) is 0 Å². The Bertz CT molecular complexity index is 342. The van der Waals surface area contributed by atoms with E-state index >= 15 is 0 Å². The van der Waals surface area contributed by atoms with E-state index < -0.39 is 11.9 Å². The molecule has 4 atom stereocenters. The van der Waals surface area contributed by atoms with Crippen molar-refractivity contribution in [2.75, 3.05) is 0 Å². The molecule has 1 amide bonds. The van der Waals surface area contributed by atoms with Gasteiger partial charge in [0.25, 0.3) is 0 Å². The normalized spacial score (nSPS) is 35.6. The van der Waals surface area contributed by atoms with E-state index in [-0.39, 0.29) is 17.9 Å². The van der Waals surface area contributed by atoms with Gasteiger partial charge < -0.3 is 10.4 Å². The van der Waals surface area contributed by atoms with Crippen molar-refractivity contribution < 1.29 is 14.7 Å². The number of hydrogen-bond acceptors (Lipinski definition) is 2. The summed E-state index contributed by atoms with van der Waals surface area (Å²) in [5.74, 6) is -0.861. The minimum Gasteiger partial charge on any atom is -0.481 e. The van der Waals surface area contributed by atoms with Gasteiger partial charge in [0.1, 0.15) is 0 Å². The van der Waals surface area contributed by atoms with Gasteiger partial charge in [0, 0.05) is 6.04 Å². The highest BCUT2D eigenvalue weighted by Gasteiger charge is 2.38. The summed E-state index contributed by atoms with van der Waals surface area (Å²) in [6.45, 7) is 2.27. The Morgan fingerprint density at radius 3 is 2.37 bits per heavy atom. The van der Waals surface area contributed by atoms with Crippen LogP contribution in [-0.2, 0) is 9.59 Å². The number of amides is 1. The lowest BCUT2D eigenvalue weighted by Crippen LogP contribution is -2.41. The number of carbonyl (C=O) groups is 2. The highest BCUT2D eigenvalue weighted by atomic mass is 16.4. The molecular weight excluding hydrogens is 242 g/mol. The smallest absolute Gasteiger partial charge is 0.307 e. The lowest BCUT2D eigenvalue weighted by atomic mass is 9.94. The summed E-state index contributed by atoms with van der Waals surface area (Å²) in [7, 11) is 0. The largest absolute Gasteiger partial charge is 0.481 e. The van der Waals surface area contributed by atoms with Crippen LogP contribution in [-0.4, -0.2) is 23.0 Å². The molecule has 2 aliphatic carbocycles. The topological polar surface area (TPSA) is 66.4 Å². The lowest BCUT2D eigenvalue weighted by Gasteiger charge is -2.21. The van der Waals surface area contributed by atoms with Crippen molar-refractivity contribution >= 4 is 11.9 Å². The average molecular weight is 267 g/mol. The van der Waals surface area contributed by atoms with Crippen molar-refractivity contribution in [3.05, 3.63) is 0 Å². The van der Waals surface area contributed by atoms with Gasteiger partial charge in [-0.25, -0.2) is 0 Å². The van der Waals surface area contributed by atoms with Crippen LogP contribution in [0.25, 0.3) is 0 Å². The van der Waals surface area contributed by atoms with Crippen molar-refractivity contribution in [2.24, 2.45) is 17.8 Å². The molecule has 0 aliphatic heterocycles. The van der Waals surface area contributed by atoms with E-state index in [1.165, 1.54) is 12.8 Å². The molecule has 0 aromatic rings. The van der Waals surface area contributed by atoms with Gasteiger partial charge in [0.05, 0.1) is 11.8 Å². The summed E-state index contributed by atoms with van der Waals surface area (Å²) < 4.78 is 0. The number of carbonyl (C=O) groups excluding carboxylic acids is 1. The second-order valence-electron chi connectivity index (χ2n) is 6.30. The maximum Gasteiger partial charge on any atom is 0.307 e. The maximum atomic E-state index is 12.2. The van der Waals surface area contributed by atoms with Crippen LogP contribution in [0.3, 0.4) is 0 Å². The van der Waals surface area contributed by atoms with E-state index in [2.05, 4.69) is 12.2 Å². The molecule has 2 rings (SSSR count). The molecule has 0 saturated heterocycles. The Morgan fingerprint density at radius 2 is 1.63 bits per heavy atom. The first-order valence-electron chi connectivity index (χ1n) is 7.61. The van der Waals surface area contributed by atoms with Gasteiger partial charge in [-0.2, -0.15) is 0 Å². The average Bonchev–Trinajstić information content (AvgIpc) is 2.77. The van der Waals surface area contributed by atoms with Crippen molar-refractivity contribution in [1.82, 2.24) is 5.32 Å². The van der Waals surface area contributed by atoms with Crippen LogP contribution in [0.2, 0.25) is 0 Å². The third kappa shape index (κ3) is 3.71. The van der Waals surface area contributed by atoms with Crippen molar-refractivity contribution in [3.8, 4) is 0 Å². The summed E-state index contributed by atoms with van der Waals surface area (Å²) in [5, 5.41) is 12.2. The number of carboxylic acid groups (broad SMARTS) is 1. The van der Waals surface area contributed by atoms with Gasteiger partial charge in [-0.3, -0.25) is 9.59 Å². The standard InChI is InChI=1S/C15H25NO3/c1-10-4-2-5-11(9-8-10)16-14(17)12-6-3-7-13(12)15(18)19/h10-13H,2-9H2,1H3,(H,16,17)(H,18,19). The Labute approximate surface area is 115 Å². The Balaban J connectivity index is 1.88. The first kappa shape index (κ1) is 14.4. The summed E-state index contributed by atoms with van der Waals surface area (Å²) in [6, 6.07) is 0.257. The van der Waals surface area contributed by atoms with Crippen LogP contribution >= 0.6 is 0 Å². The molecule has 0 heterocycles. The molecule has 108 valence electrons. The zero-order valence-corrected chi connectivity index (χ0v) is 11.7. The minimum atomic E-state index is -0.813. The molecule has 2 aliphatic rings. The van der Waals surface area contributed by atoms with E-state index in [4.69, 9.17) is 5.11 Å². The molecule has 0 spiro atoms. The summed E-state index contributed by atoms with van der Waals surface area (Å²) >= 11 is 0. The van der Waals surface area contributed by atoms with Gasteiger partial charge in [-0.15, -0.1) is 0 Å². The van der Waals surface area contributed by atoms with Gasteiger partial charge >= 0.3 is 5.97 Å². The summed E-state index contributed by atoms with van der Waals surface area (Å²) in [6.07, 6.45) is 7.89. The van der Waals surface area contributed by atoms with E-state index in [9.17, 15) is 9.59 Å². The fourth-order valence-electron chi connectivity index (χ4n) is 3.51. The molecule has 0 radical (unpaired) electrons.